The van der Waals surface area contributed by atoms with E-state index in [-0.39, 0.29) is 36.1 Å². The van der Waals surface area contributed by atoms with Crippen LogP contribution < -0.4 is 0 Å². The third-order valence-electron chi connectivity index (χ3n) is 2.88. The predicted octanol–water partition coefficient (Wildman–Crippen LogP) is 1.27. The first-order valence-electron chi connectivity index (χ1n) is 5.76. The Hall–Kier alpha value is -1.39. The van der Waals surface area contributed by atoms with Gasteiger partial charge in [0.2, 0.25) is 11.8 Å². The van der Waals surface area contributed by atoms with E-state index >= 15 is 0 Å². The molecular formula is C12H19NO4. The lowest BCUT2D eigenvalue weighted by molar-refractivity contribution is -0.154. The summed E-state index contributed by atoms with van der Waals surface area (Å²) in [5.74, 6) is -1.50. The minimum Gasteiger partial charge on any atom is -0.481 e. The number of likely N-dealkylation sites (tertiary alicyclic amines) is 1. The van der Waals surface area contributed by atoms with E-state index in [4.69, 9.17) is 5.11 Å². The summed E-state index contributed by atoms with van der Waals surface area (Å²) < 4.78 is 0. The van der Waals surface area contributed by atoms with Gasteiger partial charge in [0.1, 0.15) is 0 Å². The van der Waals surface area contributed by atoms with E-state index in [0.29, 0.717) is 12.8 Å². The Morgan fingerprint density at radius 1 is 1.35 bits per heavy atom. The van der Waals surface area contributed by atoms with Crippen LogP contribution >= 0.6 is 0 Å². The lowest BCUT2D eigenvalue weighted by Gasteiger charge is -2.35. The van der Waals surface area contributed by atoms with Crippen LogP contribution in [0.5, 0.6) is 0 Å². The van der Waals surface area contributed by atoms with Gasteiger partial charge in [-0.1, -0.05) is 20.8 Å². The second-order valence-electron chi connectivity index (χ2n) is 5.62. The van der Waals surface area contributed by atoms with E-state index < -0.39 is 5.97 Å². The van der Waals surface area contributed by atoms with Gasteiger partial charge in [-0.05, 0) is 11.3 Å². The molecule has 1 fully saturated rings. The number of hydrogen-bond acceptors (Lipinski definition) is 3. The van der Waals surface area contributed by atoms with Crippen LogP contribution in [0.4, 0.5) is 0 Å². The Balaban J connectivity index is 2.63. The Morgan fingerprint density at radius 3 is 2.24 bits per heavy atom. The average Bonchev–Trinajstić information content (AvgIpc) is 2.08. The number of carboxylic acid groups (broad SMARTS) is 1. The van der Waals surface area contributed by atoms with Crippen molar-refractivity contribution in [3.63, 3.8) is 0 Å². The largest absolute Gasteiger partial charge is 0.481 e. The van der Waals surface area contributed by atoms with Gasteiger partial charge in [-0.2, -0.15) is 0 Å². The van der Waals surface area contributed by atoms with E-state index in [9.17, 15) is 14.4 Å². The van der Waals surface area contributed by atoms with Crippen LogP contribution in [0.2, 0.25) is 0 Å². The first-order valence-corrected chi connectivity index (χ1v) is 5.76. The van der Waals surface area contributed by atoms with Crippen LogP contribution in [0.15, 0.2) is 0 Å². The molecule has 0 aromatic carbocycles. The topological polar surface area (TPSA) is 74.7 Å². The molecule has 0 aliphatic carbocycles. The Kier molecular flexibility index (Phi) is 3.91. The maximum Gasteiger partial charge on any atom is 0.303 e. The van der Waals surface area contributed by atoms with Crippen molar-refractivity contribution in [1.29, 1.82) is 0 Å². The van der Waals surface area contributed by atoms with Crippen LogP contribution in [0, 0.1) is 11.3 Å². The summed E-state index contributed by atoms with van der Waals surface area (Å²) in [4.78, 5) is 35.3. The monoisotopic (exact) mass is 241 g/mol. The van der Waals surface area contributed by atoms with Gasteiger partial charge in [-0.3, -0.25) is 19.3 Å². The fourth-order valence-corrected chi connectivity index (χ4v) is 2.09. The number of carboxylic acids is 1. The molecule has 5 nitrogen and oxygen atoms in total. The van der Waals surface area contributed by atoms with Crippen molar-refractivity contribution >= 4 is 17.8 Å². The zero-order valence-corrected chi connectivity index (χ0v) is 10.5. The third-order valence-corrected chi connectivity index (χ3v) is 2.88. The molecular weight excluding hydrogens is 222 g/mol. The molecule has 0 radical (unpaired) electrons. The number of nitrogens with zero attached hydrogens (tertiary/aromatic N) is 1. The number of amides is 2. The molecule has 0 aromatic heterocycles. The van der Waals surface area contributed by atoms with Crippen molar-refractivity contribution in [3.05, 3.63) is 0 Å². The summed E-state index contributed by atoms with van der Waals surface area (Å²) in [6, 6.07) is 0. The highest BCUT2D eigenvalue weighted by Gasteiger charge is 2.37. The molecule has 0 aromatic rings. The number of hydrogen-bond donors (Lipinski definition) is 1. The number of piperidine rings is 1. The van der Waals surface area contributed by atoms with E-state index in [1.165, 1.54) is 4.90 Å². The van der Waals surface area contributed by atoms with Crippen LogP contribution in [0.25, 0.3) is 0 Å². The maximum atomic E-state index is 11.8. The van der Waals surface area contributed by atoms with Crippen molar-refractivity contribution in [3.8, 4) is 0 Å². The molecule has 96 valence electrons. The summed E-state index contributed by atoms with van der Waals surface area (Å²) in [5, 5.41) is 8.64. The number of aliphatic carboxylic acids is 1. The minimum absolute atomic E-state index is 0.0273. The molecule has 1 aliphatic heterocycles. The molecule has 1 aliphatic rings. The van der Waals surface area contributed by atoms with Crippen LogP contribution in [-0.2, 0) is 14.4 Å². The standard InChI is InChI=1S/C12H19NO4/c1-8(4-11(16)17)7-13-9(14)5-12(2,3)6-10(13)15/h8H,4-7H2,1-3H3,(H,16,17). The van der Waals surface area contributed by atoms with Gasteiger partial charge in [-0.15, -0.1) is 0 Å². The number of carbonyl (C=O) groups excluding carboxylic acids is 2. The summed E-state index contributed by atoms with van der Waals surface area (Å²) in [6.07, 6.45) is 0.664. The summed E-state index contributed by atoms with van der Waals surface area (Å²) in [7, 11) is 0. The lowest BCUT2D eigenvalue weighted by Crippen LogP contribution is -2.47. The Bertz CT molecular complexity index is 328. The van der Waals surface area contributed by atoms with Crippen molar-refractivity contribution in [2.75, 3.05) is 6.54 Å². The molecule has 2 amide bonds. The Labute approximate surface area is 101 Å². The molecule has 5 heteroatoms. The zero-order chi connectivity index (χ0) is 13.2. The quantitative estimate of drug-likeness (QED) is 0.752. The highest BCUT2D eigenvalue weighted by molar-refractivity contribution is 5.98. The summed E-state index contributed by atoms with van der Waals surface area (Å²) >= 11 is 0. The molecule has 1 saturated heterocycles. The van der Waals surface area contributed by atoms with E-state index in [1.54, 1.807) is 6.92 Å². The van der Waals surface area contributed by atoms with Crippen LogP contribution in [-0.4, -0.2) is 34.3 Å². The molecule has 0 bridgehead atoms. The van der Waals surface area contributed by atoms with E-state index in [2.05, 4.69) is 0 Å². The number of carbonyl (C=O) groups is 3. The normalized spacial score (nSPS) is 21.5. The molecule has 1 heterocycles. The van der Waals surface area contributed by atoms with Crippen molar-refractivity contribution in [2.24, 2.45) is 11.3 Å². The smallest absolute Gasteiger partial charge is 0.303 e. The molecule has 0 saturated carbocycles. The van der Waals surface area contributed by atoms with Gasteiger partial charge >= 0.3 is 5.97 Å². The zero-order valence-electron chi connectivity index (χ0n) is 10.5. The van der Waals surface area contributed by atoms with E-state index in [0.717, 1.165) is 0 Å². The first-order chi connectivity index (χ1) is 7.71. The number of imide groups is 1. The van der Waals surface area contributed by atoms with Gasteiger partial charge in [0, 0.05) is 25.8 Å². The highest BCUT2D eigenvalue weighted by atomic mass is 16.4. The third kappa shape index (κ3) is 3.84. The molecule has 1 unspecified atom stereocenters. The molecule has 0 spiro atoms. The number of rotatable bonds is 4. The van der Waals surface area contributed by atoms with Crippen LogP contribution in [0.1, 0.15) is 40.0 Å². The lowest BCUT2D eigenvalue weighted by atomic mass is 9.81. The van der Waals surface area contributed by atoms with Crippen molar-refractivity contribution < 1.29 is 19.5 Å². The molecule has 17 heavy (non-hydrogen) atoms. The predicted molar refractivity (Wildman–Crippen MR) is 61.2 cm³/mol. The molecule has 1 rings (SSSR count). The van der Waals surface area contributed by atoms with E-state index in [1.807, 2.05) is 13.8 Å². The van der Waals surface area contributed by atoms with Crippen LogP contribution in [0.3, 0.4) is 0 Å². The van der Waals surface area contributed by atoms with Gasteiger partial charge < -0.3 is 5.11 Å². The van der Waals surface area contributed by atoms with Gasteiger partial charge in [-0.25, -0.2) is 0 Å². The highest BCUT2D eigenvalue weighted by Crippen LogP contribution is 2.31. The fraction of sp³-hybridized carbons (Fsp3) is 0.750. The second kappa shape index (κ2) is 4.85. The Morgan fingerprint density at radius 2 is 1.82 bits per heavy atom. The maximum absolute atomic E-state index is 11.8. The fourth-order valence-electron chi connectivity index (χ4n) is 2.09. The first kappa shape index (κ1) is 13.7. The van der Waals surface area contributed by atoms with Crippen molar-refractivity contribution in [2.45, 2.75) is 40.0 Å². The second-order valence-corrected chi connectivity index (χ2v) is 5.62. The van der Waals surface area contributed by atoms with Gasteiger partial charge in [0.25, 0.3) is 0 Å². The summed E-state index contributed by atoms with van der Waals surface area (Å²) in [6.45, 7) is 5.72. The minimum atomic E-state index is -0.908. The molecule has 1 N–H and O–H groups in total. The van der Waals surface area contributed by atoms with Gasteiger partial charge in [0.15, 0.2) is 0 Å². The molecule has 1 atom stereocenters. The average molecular weight is 241 g/mol. The SMILES string of the molecule is CC(CC(=O)O)CN1C(=O)CC(C)(C)CC1=O. The van der Waals surface area contributed by atoms with Gasteiger partial charge in [0.05, 0.1) is 0 Å². The summed E-state index contributed by atoms with van der Waals surface area (Å²) in [5.41, 5.74) is -0.277. The van der Waals surface area contributed by atoms with Crippen molar-refractivity contribution in [1.82, 2.24) is 4.90 Å².